The van der Waals surface area contributed by atoms with E-state index in [-0.39, 0.29) is 4.90 Å². The molecular weight excluding hydrogens is 260 g/mol. The van der Waals surface area contributed by atoms with Crippen LogP contribution in [0.5, 0.6) is 0 Å². The number of nitrogens with one attached hydrogen (secondary N) is 1. The minimum atomic E-state index is -3.63. The summed E-state index contributed by atoms with van der Waals surface area (Å²) in [6.45, 7) is 3.73. The summed E-state index contributed by atoms with van der Waals surface area (Å²) < 4.78 is 26.6. The van der Waals surface area contributed by atoms with Gasteiger partial charge in [-0.3, -0.25) is 4.72 Å². The Hall–Kier alpha value is -2.32. The van der Waals surface area contributed by atoms with Crippen LogP contribution in [0.1, 0.15) is 11.1 Å². The topological polar surface area (TPSA) is 70.0 Å². The zero-order valence-corrected chi connectivity index (χ0v) is 10.8. The number of anilines is 1. The van der Waals surface area contributed by atoms with E-state index in [1.54, 1.807) is 24.3 Å². The highest BCUT2D eigenvalue weighted by molar-refractivity contribution is 7.92. The van der Waals surface area contributed by atoms with Crippen molar-refractivity contribution in [1.29, 1.82) is 5.26 Å². The molecule has 0 heterocycles. The van der Waals surface area contributed by atoms with Crippen molar-refractivity contribution in [3.63, 3.8) is 0 Å². The van der Waals surface area contributed by atoms with E-state index < -0.39 is 10.0 Å². The first-order valence-corrected chi connectivity index (χ1v) is 6.94. The summed E-state index contributed by atoms with van der Waals surface area (Å²) in [5.41, 5.74) is 1.69. The molecule has 2 aromatic carbocycles. The smallest absolute Gasteiger partial charge is 0.261 e. The molecular formula is C14H11N2O2S. The van der Waals surface area contributed by atoms with Gasteiger partial charge in [-0.15, -0.1) is 0 Å². The fourth-order valence-electron chi connectivity index (χ4n) is 1.50. The zero-order chi connectivity index (χ0) is 13.9. The van der Waals surface area contributed by atoms with Gasteiger partial charge in [-0.05, 0) is 48.9 Å². The molecule has 1 radical (unpaired) electrons. The van der Waals surface area contributed by atoms with E-state index in [0.717, 1.165) is 5.56 Å². The highest BCUT2D eigenvalue weighted by Gasteiger charge is 2.13. The number of benzene rings is 2. The Morgan fingerprint density at radius 3 is 2.11 bits per heavy atom. The van der Waals surface area contributed by atoms with Crippen LogP contribution in [0.4, 0.5) is 5.69 Å². The Morgan fingerprint density at radius 2 is 1.58 bits per heavy atom. The second-order valence-corrected chi connectivity index (χ2v) is 5.62. The molecule has 0 aliphatic carbocycles. The zero-order valence-electron chi connectivity index (χ0n) is 10.00. The molecule has 0 fully saturated rings. The maximum atomic E-state index is 12.1. The lowest BCUT2D eigenvalue weighted by Gasteiger charge is -2.08. The van der Waals surface area contributed by atoms with Crippen molar-refractivity contribution in [2.75, 3.05) is 4.72 Å². The monoisotopic (exact) mass is 271 g/mol. The molecule has 0 aliphatic heterocycles. The SMILES string of the molecule is [CH2]c1ccc(NS(=O)(=O)c2ccc(C#N)cc2)cc1. The average Bonchev–Trinajstić information content (AvgIpc) is 2.41. The van der Waals surface area contributed by atoms with Crippen molar-refractivity contribution in [1.82, 2.24) is 0 Å². The largest absolute Gasteiger partial charge is 0.280 e. The van der Waals surface area contributed by atoms with E-state index in [2.05, 4.69) is 11.6 Å². The van der Waals surface area contributed by atoms with Gasteiger partial charge in [0.15, 0.2) is 0 Å². The molecule has 0 amide bonds. The number of hydrogen-bond donors (Lipinski definition) is 1. The third kappa shape index (κ3) is 3.12. The molecule has 19 heavy (non-hydrogen) atoms. The third-order valence-electron chi connectivity index (χ3n) is 2.50. The van der Waals surface area contributed by atoms with Gasteiger partial charge in [0, 0.05) is 5.69 Å². The van der Waals surface area contributed by atoms with E-state index in [1.807, 2.05) is 6.07 Å². The lowest BCUT2D eigenvalue weighted by atomic mass is 10.2. The summed E-state index contributed by atoms with van der Waals surface area (Å²) in [7, 11) is -3.63. The van der Waals surface area contributed by atoms with Crippen molar-refractivity contribution >= 4 is 15.7 Å². The van der Waals surface area contributed by atoms with Gasteiger partial charge in [0.25, 0.3) is 10.0 Å². The first-order chi connectivity index (χ1) is 9.01. The van der Waals surface area contributed by atoms with Crippen LogP contribution in [-0.4, -0.2) is 8.42 Å². The summed E-state index contributed by atoms with van der Waals surface area (Å²) in [6, 6.07) is 14.4. The standard InChI is InChI=1S/C14H11N2O2S/c1-11-2-6-13(7-3-11)16-19(17,18)14-8-4-12(10-15)5-9-14/h2-9,16H,1H2. The summed E-state index contributed by atoms with van der Waals surface area (Å²) in [5.74, 6) is 0. The summed E-state index contributed by atoms with van der Waals surface area (Å²) >= 11 is 0. The van der Waals surface area contributed by atoms with E-state index in [0.29, 0.717) is 11.3 Å². The van der Waals surface area contributed by atoms with Crippen LogP contribution in [0.15, 0.2) is 53.4 Å². The summed E-state index contributed by atoms with van der Waals surface area (Å²) in [5, 5.41) is 8.67. The summed E-state index contributed by atoms with van der Waals surface area (Å²) in [4.78, 5) is 0.116. The van der Waals surface area contributed by atoms with Crippen molar-refractivity contribution in [2.45, 2.75) is 4.90 Å². The van der Waals surface area contributed by atoms with Gasteiger partial charge < -0.3 is 0 Å². The highest BCUT2D eigenvalue weighted by atomic mass is 32.2. The first kappa shape index (κ1) is 13.1. The van der Waals surface area contributed by atoms with Gasteiger partial charge in [0.1, 0.15) is 0 Å². The Labute approximate surface area is 112 Å². The van der Waals surface area contributed by atoms with Crippen molar-refractivity contribution in [3.05, 3.63) is 66.6 Å². The quantitative estimate of drug-likeness (QED) is 0.932. The predicted octanol–water partition coefficient (Wildman–Crippen LogP) is 2.54. The van der Waals surface area contributed by atoms with Crippen LogP contribution >= 0.6 is 0 Å². The third-order valence-corrected chi connectivity index (χ3v) is 3.90. The van der Waals surface area contributed by atoms with Crippen LogP contribution in [-0.2, 0) is 10.0 Å². The predicted molar refractivity (Wildman–Crippen MR) is 72.9 cm³/mol. The molecule has 0 saturated heterocycles. The average molecular weight is 271 g/mol. The molecule has 2 rings (SSSR count). The van der Waals surface area contributed by atoms with Crippen LogP contribution in [0, 0.1) is 18.3 Å². The second kappa shape index (κ2) is 5.12. The van der Waals surface area contributed by atoms with E-state index in [9.17, 15) is 8.42 Å². The van der Waals surface area contributed by atoms with Gasteiger partial charge >= 0.3 is 0 Å². The molecule has 0 spiro atoms. The van der Waals surface area contributed by atoms with E-state index in [1.165, 1.54) is 24.3 Å². The molecule has 0 saturated carbocycles. The molecule has 95 valence electrons. The molecule has 0 atom stereocenters. The highest BCUT2D eigenvalue weighted by Crippen LogP contribution is 2.16. The number of rotatable bonds is 3. The Balaban J connectivity index is 2.27. The molecule has 5 heteroatoms. The normalized spacial score (nSPS) is 10.7. The molecule has 0 unspecified atom stereocenters. The maximum absolute atomic E-state index is 12.1. The van der Waals surface area contributed by atoms with Crippen molar-refractivity contribution in [3.8, 4) is 6.07 Å². The van der Waals surface area contributed by atoms with Crippen LogP contribution in [0.25, 0.3) is 0 Å². The van der Waals surface area contributed by atoms with Crippen molar-refractivity contribution in [2.24, 2.45) is 0 Å². The van der Waals surface area contributed by atoms with Gasteiger partial charge in [0.2, 0.25) is 0 Å². The van der Waals surface area contributed by atoms with Crippen LogP contribution in [0.3, 0.4) is 0 Å². The van der Waals surface area contributed by atoms with E-state index in [4.69, 9.17) is 5.26 Å². The van der Waals surface area contributed by atoms with Gasteiger partial charge in [-0.1, -0.05) is 12.1 Å². The number of nitrogens with zero attached hydrogens (tertiary/aromatic N) is 1. The molecule has 4 nitrogen and oxygen atoms in total. The van der Waals surface area contributed by atoms with Crippen molar-refractivity contribution < 1.29 is 8.42 Å². The van der Waals surface area contributed by atoms with Gasteiger partial charge in [-0.2, -0.15) is 5.26 Å². The lowest BCUT2D eigenvalue weighted by molar-refractivity contribution is 0.601. The Kier molecular flexibility index (Phi) is 3.54. The Bertz CT molecular complexity index is 712. The summed E-state index contributed by atoms with van der Waals surface area (Å²) in [6.07, 6.45) is 0. The minimum absolute atomic E-state index is 0.116. The Morgan fingerprint density at radius 1 is 1.00 bits per heavy atom. The van der Waals surface area contributed by atoms with E-state index >= 15 is 0 Å². The number of sulfonamides is 1. The van der Waals surface area contributed by atoms with Gasteiger partial charge in [0.05, 0.1) is 16.5 Å². The molecule has 2 aromatic rings. The minimum Gasteiger partial charge on any atom is -0.280 e. The van der Waals surface area contributed by atoms with Gasteiger partial charge in [-0.25, -0.2) is 8.42 Å². The molecule has 0 aliphatic rings. The fraction of sp³-hybridized carbons (Fsp3) is 0. The fourth-order valence-corrected chi connectivity index (χ4v) is 2.55. The lowest BCUT2D eigenvalue weighted by Crippen LogP contribution is -2.12. The maximum Gasteiger partial charge on any atom is 0.261 e. The first-order valence-electron chi connectivity index (χ1n) is 5.46. The molecule has 0 bridgehead atoms. The van der Waals surface area contributed by atoms with Crippen LogP contribution < -0.4 is 4.72 Å². The van der Waals surface area contributed by atoms with Crippen LogP contribution in [0.2, 0.25) is 0 Å². The second-order valence-electron chi connectivity index (χ2n) is 3.94. The number of nitriles is 1. The molecule has 1 N–H and O–H groups in total. The number of hydrogen-bond acceptors (Lipinski definition) is 3. The molecule has 0 aromatic heterocycles.